The molecule has 0 amide bonds. The van der Waals surface area contributed by atoms with E-state index in [1.807, 2.05) is 0 Å². The molecule has 20 heavy (non-hydrogen) atoms. The molecule has 0 fully saturated rings. The van der Waals surface area contributed by atoms with Crippen molar-refractivity contribution in [3.8, 4) is 6.01 Å². The van der Waals surface area contributed by atoms with Crippen LogP contribution in [0, 0.1) is 5.92 Å². The molecule has 1 rings (SSSR count). The topological polar surface area (TPSA) is 63.2 Å². The molecule has 0 aliphatic heterocycles. The summed E-state index contributed by atoms with van der Waals surface area (Å²) in [5.41, 5.74) is 0. The van der Waals surface area contributed by atoms with Crippen LogP contribution in [0.5, 0.6) is 6.01 Å². The Hall–Kier alpha value is -1.59. The summed E-state index contributed by atoms with van der Waals surface area (Å²) in [6, 6.07) is 0.397. The van der Waals surface area contributed by atoms with Crippen LogP contribution in [0.4, 0.5) is 11.9 Å². The highest BCUT2D eigenvalue weighted by molar-refractivity contribution is 5.37. The molecule has 0 aliphatic carbocycles. The van der Waals surface area contributed by atoms with Crippen molar-refractivity contribution in [1.82, 2.24) is 15.0 Å². The largest absolute Gasteiger partial charge is 0.463 e. The lowest BCUT2D eigenvalue weighted by molar-refractivity contribution is 0.233. The second-order valence-corrected chi connectivity index (χ2v) is 4.87. The standard InChI is InChI=1S/C14H27N5O/c1-6-9-11(4)10-20-14-17-12(15-5)16-13(18-14)19(7-2)8-3/h11H,6-10H2,1-5H3,(H,15,16,17,18). The van der Waals surface area contributed by atoms with Gasteiger partial charge in [0.1, 0.15) is 0 Å². The number of nitrogens with one attached hydrogen (secondary N) is 1. The molecule has 0 aromatic carbocycles. The van der Waals surface area contributed by atoms with Crippen molar-refractivity contribution in [2.45, 2.75) is 40.5 Å². The Labute approximate surface area is 122 Å². The van der Waals surface area contributed by atoms with Crippen molar-refractivity contribution in [3.63, 3.8) is 0 Å². The Bertz CT molecular complexity index is 395. The van der Waals surface area contributed by atoms with Crippen molar-refractivity contribution < 1.29 is 4.74 Å². The van der Waals surface area contributed by atoms with E-state index < -0.39 is 0 Å². The monoisotopic (exact) mass is 281 g/mol. The van der Waals surface area contributed by atoms with Gasteiger partial charge in [0.2, 0.25) is 11.9 Å². The highest BCUT2D eigenvalue weighted by atomic mass is 16.5. The number of nitrogens with zero attached hydrogens (tertiary/aromatic N) is 4. The van der Waals surface area contributed by atoms with Crippen molar-refractivity contribution in [3.05, 3.63) is 0 Å². The smallest absolute Gasteiger partial charge is 0.323 e. The van der Waals surface area contributed by atoms with Gasteiger partial charge in [0, 0.05) is 20.1 Å². The van der Waals surface area contributed by atoms with Crippen molar-refractivity contribution in [1.29, 1.82) is 0 Å². The van der Waals surface area contributed by atoms with Crippen LogP contribution in [0.25, 0.3) is 0 Å². The third-order valence-corrected chi connectivity index (χ3v) is 3.15. The highest BCUT2D eigenvalue weighted by Crippen LogP contribution is 2.16. The molecule has 6 heteroatoms. The maximum absolute atomic E-state index is 5.71. The van der Waals surface area contributed by atoms with E-state index in [1.165, 1.54) is 0 Å². The van der Waals surface area contributed by atoms with E-state index in [1.54, 1.807) is 7.05 Å². The summed E-state index contributed by atoms with van der Waals surface area (Å²) in [6.07, 6.45) is 2.31. The first-order chi connectivity index (χ1) is 9.64. The zero-order valence-electron chi connectivity index (χ0n) is 13.3. The number of aromatic nitrogens is 3. The number of ether oxygens (including phenoxy) is 1. The predicted octanol–water partition coefficient (Wildman–Crippen LogP) is 2.57. The maximum Gasteiger partial charge on any atom is 0.323 e. The first kappa shape index (κ1) is 16.5. The summed E-state index contributed by atoms with van der Waals surface area (Å²) < 4.78 is 5.71. The molecule has 114 valence electrons. The van der Waals surface area contributed by atoms with Crippen LogP contribution in [0.1, 0.15) is 40.5 Å². The fraction of sp³-hybridized carbons (Fsp3) is 0.786. The van der Waals surface area contributed by atoms with Gasteiger partial charge in [-0.1, -0.05) is 20.3 Å². The van der Waals surface area contributed by atoms with Crippen molar-refractivity contribution >= 4 is 11.9 Å². The molecule has 1 atom stereocenters. The van der Waals surface area contributed by atoms with E-state index >= 15 is 0 Å². The Morgan fingerprint density at radius 2 is 1.85 bits per heavy atom. The summed E-state index contributed by atoms with van der Waals surface area (Å²) in [5.74, 6) is 1.71. The van der Waals surface area contributed by atoms with Gasteiger partial charge >= 0.3 is 6.01 Å². The van der Waals surface area contributed by atoms with E-state index in [9.17, 15) is 0 Å². The summed E-state index contributed by atoms with van der Waals surface area (Å²) in [5, 5.41) is 2.95. The molecule has 0 saturated heterocycles. The molecule has 0 radical (unpaired) electrons. The van der Waals surface area contributed by atoms with E-state index in [-0.39, 0.29) is 0 Å². The van der Waals surface area contributed by atoms with Gasteiger partial charge in [0.25, 0.3) is 0 Å². The van der Waals surface area contributed by atoms with E-state index in [0.29, 0.717) is 30.4 Å². The van der Waals surface area contributed by atoms with Gasteiger partial charge < -0.3 is 15.0 Å². The van der Waals surface area contributed by atoms with Crippen molar-refractivity contribution in [2.75, 3.05) is 37.0 Å². The normalized spacial score (nSPS) is 12.1. The second-order valence-electron chi connectivity index (χ2n) is 4.87. The molecule has 0 saturated carbocycles. The number of hydrogen-bond acceptors (Lipinski definition) is 6. The summed E-state index contributed by atoms with van der Waals surface area (Å²) in [4.78, 5) is 15.1. The van der Waals surface area contributed by atoms with Gasteiger partial charge in [-0.25, -0.2) is 0 Å². The lowest BCUT2D eigenvalue weighted by Crippen LogP contribution is -2.25. The Morgan fingerprint density at radius 3 is 2.40 bits per heavy atom. The van der Waals surface area contributed by atoms with Gasteiger partial charge in [-0.2, -0.15) is 15.0 Å². The lowest BCUT2D eigenvalue weighted by atomic mass is 10.1. The quantitative estimate of drug-likeness (QED) is 0.750. The minimum atomic E-state index is 0.397. The zero-order chi connectivity index (χ0) is 15.0. The van der Waals surface area contributed by atoms with E-state index in [0.717, 1.165) is 25.9 Å². The highest BCUT2D eigenvalue weighted by Gasteiger charge is 2.12. The van der Waals surface area contributed by atoms with Crippen LogP contribution in [0.15, 0.2) is 0 Å². The first-order valence-electron chi connectivity index (χ1n) is 7.46. The van der Waals surface area contributed by atoms with Crippen LogP contribution in [0.2, 0.25) is 0 Å². The van der Waals surface area contributed by atoms with Gasteiger partial charge in [-0.15, -0.1) is 0 Å². The van der Waals surface area contributed by atoms with Gasteiger partial charge in [-0.05, 0) is 26.2 Å². The number of hydrogen-bond donors (Lipinski definition) is 1. The predicted molar refractivity (Wildman–Crippen MR) is 82.5 cm³/mol. The minimum absolute atomic E-state index is 0.397. The third-order valence-electron chi connectivity index (χ3n) is 3.15. The minimum Gasteiger partial charge on any atom is -0.463 e. The molecule has 0 spiro atoms. The Kier molecular flexibility index (Phi) is 7.04. The number of anilines is 2. The van der Waals surface area contributed by atoms with Gasteiger partial charge in [-0.3, -0.25) is 0 Å². The van der Waals surface area contributed by atoms with Crippen LogP contribution in [0.3, 0.4) is 0 Å². The molecule has 0 aliphatic rings. The van der Waals surface area contributed by atoms with Crippen LogP contribution in [-0.4, -0.2) is 41.7 Å². The maximum atomic E-state index is 5.71. The zero-order valence-corrected chi connectivity index (χ0v) is 13.3. The average molecular weight is 281 g/mol. The Morgan fingerprint density at radius 1 is 1.15 bits per heavy atom. The van der Waals surface area contributed by atoms with E-state index in [4.69, 9.17) is 4.74 Å². The van der Waals surface area contributed by atoms with Crippen molar-refractivity contribution in [2.24, 2.45) is 5.92 Å². The fourth-order valence-electron chi connectivity index (χ4n) is 1.96. The Balaban J connectivity index is 2.82. The van der Waals surface area contributed by atoms with Gasteiger partial charge in [0.05, 0.1) is 6.61 Å². The van der Waals surface area contributed by atoms with Crippen LogP contribution >= 0.6 is 0 Å². The molecule has 1 N–H and O–H groups in total. The van der Waals surface area contributed by atoms with E-state index in [2.05, 4.69) is 52.9 Å². The third kappa shape index (κ3) is 4.83. The van der Waals surface area contributed by atoms with Crippen LogP contribution in [-0.2, 0) is 0 Å². The molecule has 1 aromatic heterocycles. The fourth-order valence-corrected chi connectivity index (χ4v) is 1.96. The summed E-state index contributed by atoms with van der Waals surface area (Å²) in [6.45, 7) is 10.9. The summed E-state index contributed by atoms with van der Waals surface area (Å²) in [7, 11) is 1.80. The molecule has 1 unspecified atom stereocenters. The van der Waals surface area contributed by atoms with Crippen LogP contribution < -0.4 is 15.0 Å². The van der Waals surface area contributed by atoms with Gasteiger partial charge in [0.15, 0.2) is 0 Å². The number of rotatable bonds is 9. The molecule has 1 aromatic rings. The first-order valence-corrected chi connectivity index (χ1v) is 7.46. The second kappa shape index (κ2) is 8.55. The molecule has 6 nitrogen and oxygen atoms in total. The summed E-state index contributed by atoms with van der Waals surface area (Å²) >= 11 is 0. The SMILES string of the molecule is CCCC(C)COc1nc(NC)nc(N(CC)CC)n1. The average Bonchev–Trinajstić information content (AvgIpc) is 2.46. The molecular formula is C14H27N5O. The lowest BCUT2D eigenvalue weighted by Gasteiger charge is -2.19. The molecular weight excluding hydrogens is 254 g/mol. The molecule has 0 bridgehead atoms. The molecule has 1 heterocycles.